The van der Waals surface area contributed by atoms with E-state index in [0.29, 0.717) is 0 Å². The average Bonchev–Trinajstić information content (AvgIpc) is 2.71. The van der Waals surface area contributed by atoms with E-state index < -0.39 is 0 Å². The van der Waals surface area contributed by atoms with Gasteiger partial charge in [0.2, 0.25) is 5.91 Å². The SMILES string of the molecule is CCc1ccc(C(C)NC(=O)CCC(=O)c2ccc3c(c2)CCCC3)cc1. The number of aryl methyl sites for hydroxylation is 3. The molecular formula is C24H29NO2. The number of carbonyl (C=O) groups is 2. The van der Waals surface area contributed by atoms with Crippen molar-refractivity contribution in [3.05, 3.63) is 70.3 Å². The lowest BCUT2D eigenvalue weighted by molar-refractivity contribution is -0.121. The van der Waals surface area contributed by atoms with E-state index in [1.807, 2.05) is 19.1 Å². The second-order valence-corrected chi connectivity index (χ2v) is 7.50. The highest BCUT2D eigenvalue weighted by Gasteiger charge is 2.15. The normalized spacial score (nSPS) is 14.3. The maximum Gasteiger partial charge on any atom is 0.220 e. The Labute approximate surface area is 162 Å². The molecule has 1 aliphatic rings. The number of hydrogen-bond donors (Lipinski definition) is 1. The van der Waals surface area contributed by atoms with Crippen LogP contribution in [0.3, 0.4) is 0 Å². The minimum atomic E-state index is -0.0756. The van der Waals surface area contributed by atoms with Crippen LogP contribution >= 0.6 is 0 Å². The summed E-state index contributed by atoms with van der Waals surface area (Å²) in [5.41, 5.74) is 5.79. The van der Waals surface area contributed by atoms with Crippen molar-refractivity contribution in [3.8, 4) is 0 Å². The first-order chi connectivity index (χ1) is 13.1. The number of nitrogens with one attached hydrogen (secondary N) is 1. The number of rotatable bonds is 7. The van der Waals surface area contributed by atoms with Gasteiger partial charge in [-0.1, -0.05) is 43.3 Å². The van der Waals surface area contributed by atoms with Crippen LogP contribution in [-0.4, -0.2) is 11.7 Å². The number of amides is 1. The third kappa shape index (κ3) is 5.06. The summed E-state index contributed by atoms with van der Waals surface area (Å²) >= 11 is 0. The van der Waals surface area contributed by atoms with Crippen molar-refractivity contribution in [3.63, 3.8) is 0 Å². The lowest BCUT2D eigenvalue weighted by atomic mass is 9.89. The summed E-state index contributed by atoms with van der Waals surface area (Å²) in [6.07, 6.45) is 6.10. The number of benzene rings is 2. The third-order valence-corrected chi connectivity index (χ3v) is 5.52. The molecule has 3 rings (SSSR count). The second-order valence-electron chi connectivity index (χ2n) is 7.50. The van der Waals surface area contributed by atoms with Gasteiger partial charge in [0.25, 0.3) is 0 Å². The molecule has 1 atom stereocenters. The van der Waals surface area contributed by atoms with Crippen molar-refractivity contribution in [1.82, 2.24) is 5.32 Å². The Kier molecular flexibility index (Phi) is 6.44. The summed E-state index contributed by atoms with van der Waals surface area (Å²) in [5, 5.41) is 3.00. The number of ketones is 1. The van der Waals surface area contributed by atoms with Crippen LogP contribution in [0.5, 0.6) is 0 Å². The van der Waals surface area contributed by atoms with E-state index in [4.69, 9.17) is 0 Å². The van der Waals surface area contributed by atoms with Gasteiger partial charge < -0.3 is 5.32 Å². The van der Waals surface area contributed by atoms with E-state index >= 15 is 0 Å². The van der Waals surface area contributed by atoms with Crippen LogP contribution in [0.1, 0.15) is 78.2 Å². The summed E-state index contributed by atoms with van der Waals surface area (Å²) < 4.78 is 0. The Morgan fingerprint density at radius 2 is 1.67 bits per heavy atom. The van der Waals surface area contributed by atoms with Gasteiger partial charge >= 0.3 is 0 Å². The van der Waals surface area contributed by atoms with Crippen LogP contribution in [0.15, 0.2) is 42.5 Å². The minimum Gasteiger partial charge on any atom is -0.350 e. The number of hydrogen-bond acceptors (Lipinski definition) is 2. The van der Waals surface area contributed by atoms with Gasteiger partial charge in [-0.25, -0.2) is 0 Å². The van der Waals surface area contributed by atoms with Gasteiger partial charge in [-0.15, -0.1) is 0 Å². The Bertz CT molecular complexity index is 808. The van der Waals surface area contributed by atoms with E-state index in [0.717, 1.165) is 30.4 Å². The number of fused-ring (bicyclic) bond motifs is 1. The minimum absolute atomic E-state index is 0.0535. The molecule has 1 aliphatic carbocycles. The van der Waals surface area contributed by atoms with Gasteiger partial charge in [-0.2, -0.15) is 0 Å². The molecule has 0 radical (unpaired) electrons. The first-order valence-electron chi connectivity index (χ1n) is 10.1. The molecule has 0 saturated heterocycles. The molecule has 3 nitrogen and oxygen atoms in total. The van der Waals surface area contributed by atoms with Gasteiger partial charge in [-0.05, 0) is 67.3 Å². The highest BCUT2D eigenvalue weighted by molar-refractivity contribution is 5.98. The molecule has 0 heterocycles. The summed E-state index contributed by atoms with van der Waals surface area (Å²) in [4.78, 5) is 24.7. The molecular weight excluding hydrogens is 334 g/mol. The molecule has 0 saturated carbocycles. The molecule has 0 spiro atoms. The van der Waals surface area contributed by atoms with E-state index in [2.05, 4.69) is 42.6 Å². The Morgan fingerprint density at radius 3 is 2.37 bits per heavy atom. The first kappa shape index (κ1) is 19.3. The fourth-order valence-electron chi connectivity index (χ4n) is 3.72. The van der Waals surface area contributed by atoms with Gasteiger partial charge in [0, 0.05) is 18.4 Å². The smallest absolute Gasteiger partial charge is 0.220 e. The zero-order chi connectivity index (χ0) is 19.2. The topological polar surface area (TPSA) is 46.2 Å². The van der Waals surface area contributed by atoms with Crippen LogP contribution in [0.4, 0.5) is 0 Å². The van der Waals surface area contributed by atoms with E-state index in [1.54, 1.807) is 0 Å². The molecule has 1 amide bonds. The molecule has 0 aliphatic heterocycles. The number of Topliss-reactive ketones (excluding diaryl/α,β-unsaturated/α-hetero) is 1. The largest absolute Gasteiger partial charge is 0.350 e. The van der Waals surface area contributed by atoms with Gasteiger partial charge in [-0.3, -0.25) is 9.59 Å². The van der Waals surface area contributed by atoms with Crippen LogP contribution in [0, 0.1) is 0 Å². The van der Waals surface area contributed by atoms with Crippen molar-refractivity contribution in [2.24, 2.45) is 0 Å². The Hall–Kier alpha value is -2.42. The second kappa shape index (κ2) is 8.98. The van der Waals surface area contributed by atoms with Crippen molar-refractivity contribution in [1.29, 1.82) is 0 Å². The van der Waals surface area contributed by atoms with Gasteiger partial charge in [0.1, 0.15) is 0 Å². The molecule has 0 aromatic heterocycles. The van der Waals surface area contributed by atoms with Gasteiger partial charge in [0.05, 0.1) is 6.04 Å². The summed E-state index contributed by atoms with van der Waals surface area (Å²) in [7, 11) is 0. The van der Waals surface area contributed by atoms with Crippen molar-refractivity contribution in [2.75, 3.05) is 0 Å². The highest BCUT2D eigenvalue weighted by atomic mass is 16.2. The molecule has 3 heteroatoms. The quantitative estimate of drug-likeness (QED) is 0.706. The predicted molar refractivity (Wildman–Crippen MR) is 109 cm³/mol. The molecule has 0 fully saturated rings. The molecule has 2 aromatic carbocycles. The number of carbonyl (C=O) groups excluding carboxylic acids is 2. The van der Waals surface area contributed by atoms with Crippen molar-refractivity contribution in [2.45, 2.75) is 64.8 Å². The standard InChI is InChI=1S/C24H29NO2/c1-3-18-8-10-19(11-9-18)17(2)25-24(27)15-14-23(26)22-13-12-20-6-4-5-7-21(20)16-22/h8-13,16-17H,3-7,14-15H2,1-2H3,(H,25,27). The van der Waals surface area contributed by atoms with Crippen LogP contribution in [-0.2, 0) is 24.1 Å². The maximum absolute atomic E-state index is 12.5. The Balaban J connectivity index is 1.51. The van der Waals surface area contributed by atoms with E-state index in [1.165, 1.54) is 29.5 Å². The maximum atomic E-state index is 12.5. The summed E-state index contributed by atoms with van der Waals surface area (Å²) in [6, 6.07) is 14.3. The molecule has 142 valence electrons. The third-order valence-electron chi connectivity index (χ3n) is 5.52. The van der Waals surface area contributed by atoms with Crippen molar-refractivity contribution < 1.29 is 9.59 Å². The zero-order valence-corrected chi connectivity index (χ0v) is 16.4. The lowest BCUT2D eigenvalue weighted by Gasteiger charge is -2.16. The monoisotopic (exact) mass is 363 g/mol. The fourth-order valence-corrected chi connectivity index (χ4v) is 3.72. The van der Waals surface area contributed by atoms with Crippen LogP contribution in [0.25, 0.3) is 0 Å². The first-order valence-corrected chi connectivity index (χ1v) is 10.1. The lowest BCUT2D eigenvalue weighted by Crippen LogP contribution is -2.27. The van der Waals surface area contributed by atoms with E-state index in [-0.39, 0.29) is 30.6 Å². The van der Waals surface area contributed by atoms with Crippen molar-refractivity contribution >= 4 is 11.7 Å². The summed E-state index contributed by atoms with van der Waals surface area (Å²) in [6.45, 7) is 4.10. The molecule has 27 heavy (non-hydrogen) atoms. The van der Waals surface area contributed by atoms with E-state index in [9.17, 15) is 9.59 Å². The van der Waals surface area contributed by atoms with Crippen LogP contribution in [0.2, 0.25) is 0 Å². The van der Waals surface area contributed by atoms with Gasteiger partial charge in [0.15, 0.2) is 5.78 Å². The average molecular weight is 364 g/mol. The van der Waals surface area contributed by atoms with Crippen LogP contribution < -0.4 is 5.32 Å². The fraction of sp³-hybridized carbons (Fsp3) is 0.417. The molecule has 1 N–H and O–H groups in total. The molecule has 1 unspecified atom stereocenters. The Morgan fingerprint density at radius 1 is 0.963 bits per heavy atom. The molecule has 2 aromatic rings. The predicted octanol–water partition coefficient (Wildman–Crippen LogP) is 4.97. The highest BCUT2D eigenvalue weighted by Crippen LogP contribution is 2.23. The molecule has 0 bridgehead atoms. The zero-order valence-electron chi connectivity index (χ0n) is 16.4. The summed E-state index contributed by atoms with van der Waals surface area (Å²) in [5.74, 6) is -0.0214.